The molecule has 4 N–H and O–H groups in total. The first-order chi connectivity index (χ1) is 13.6. The highest BCUT2D eigenvalue weighted by Crippen LogP contribution is 2.34. The average molecular weight is 381 g/mol. The van der Waals surface area contributed by atoms with E-state index in [0.29, 0.717) is 11.4 Å². The van der Waals surface area contributed by atoms with Crippen LogP contribution >= 0.6 is 0 Å². The van der Waals surface area contributed by atoms with Gasteiger partial charge in [-0.2, -0.15) is 4.98 Å². The van der Waals surface area contributed by atoms with Gasteiger partial charge in [0.2, 0.25) is 5.95 Å². The Balaban J connectivity index is 1.34. The number of aromatic nitrogens is 2. The maximum absolute atomic E-state index is 5.90. The van der Waals surface area contributed by atoms with E-state index in [1.165, 1.54) is 43.7 Å². The number of nitrogens with one attached hydrogen (secondary N) is 2. The molecule has 2 saturated heterocycles. The summed E-state index contributed by atoms with van der Waals surface area (Å²) in [5, 5.41) is 6.77. The summed E-state index contributed by atoms with van der Waals surface area (Å²) in [5.41, 5.74) is 10.1. The van der Waals surface area contributed by atoms with Crippen LogP contribution in [0.3, 0.4) is 0 Å². The van der Waals surface area contributed by atoms with Crippen molar-refractivity contribution in [2.24, 2.45) is 5.41 Å². The lowest BCUT2D eigenvalue weighted by Gasteiger charge is -2.39. The fourth-order valence-electron chi connectivity index (χ4n) is 4.25. The van der Waals surface area contributed by atoms with Crippen LogP contribution in [-0.2, 0) is 13.0 Å². The van der Waals surface area contributed by atoms with Crippen LogP contribution < -0.4 is 16.4 Å². The van der Waals surface area contributed by atoms with Crippen molar-refractivity contribution in [3.63, 3.8) is 0 Å². The monoisotopic (exact) mass is 380 g/mol. The van der Waals surface area contributed by atoms with Crippen LogP contribution in [0.2, 0.25) is 0 Å². The molecule has 1 spiro atoms. The molecule has 6 heteroatoms. The van der Waals surface area contributed by atoms with Crippen LogP contribution in [0.15, 0.2) is 30.3 Å². The molecule has 4 rings (SSSR count). The van der Waals surface area contributed by atoms with E-state index in [0.717, 1.165) is 43.9 Å². The summed E-state index contributed by atoms with van der Waals surface area (Å²) >= 11 is 0. The quantitative estimate of drug-likeness (QED) is 0.611. The van der Waals surface area contributed by atoms with Crippen molar-refractivity contribution in [2.45, 2.75) is 39.2 Å². The lowest BCUT2D eigenvalue weighted by Crippen LogP contribution is -2.54. The van der Waals surface area contributed by atoms with Crippen molar-refractivity contribution in [3.05, 3.63) is 47.2 Å². The Morgan fingerprint density at radius 3 is 2.64 bits per heavy atom. The summed E-state index contributed by atoms with van der Waals surface area (Å²) in [6.07, 6.45) is 4.38. The van der Waals surface area contributed by atoms with Gasteiger partial charge in [-0.15, -0.1) is 0 Å². The lowest BCUT2D eigenvalue weighted by molar-refractivity contribution is 0.167. The molecule has 2 aromatic rings. The Morgan fingerprint density at radius 1 is 1.18 bits per heavy atom. The molecular formula is C22H32N6. The van der Waals surface area contributed by atoms with Crippen LogP contribution in [-0.4, -0.2) is 47.6 Å². The van der Waals surface area contributed by atoms with Crippen molar-refractivity contribution in [1.29, 1.82) is 0 Å². The molecule has 0 aliphatic carbocycles. The van der Waals surface area contributed by atoms with Crippen LogP contribution in [0.1, 0.15) is 43.0 Å². The van der Waals surface area contributed by atoms with Gasteiger partial charge < -0.3 is 16.4 Å². The molecule has 0 atom stereocenters. The highest BCUT2D eigenvalue weighted by Gasteiger charge is 2.42. The second-order valence-corrected chi connectivity index (χ2v) is 8.44. The van der Waals surface area contributed by atoms with E-state index in [1.807, 2.05) is 6.07 Å². The van der Waals surface area contributed by atoms with Crippen molar-refractivity contribution < 1.29 is 0 Å². The first-order valence-electron chi connectivity index (χ1n) is 10.5. The second kappa shape index (κ2) is 8.45. The summed E-state index contributed by atoms with van der Waals surface area (Å²) in [5.74, 6) is 1.16. The number of nitrogen functional groups attached to an aromatic ring is 1. The first-order valence-corrected chi connectivity index (χ1v) is 10.5. The third-order valence-corrected chi connectivity index (χ3v) is 5.96. The Labute approximate surface area is 167 Å². The second-order valence-electron chi connectivity index (χ2n) is 8.44. The number of hydrogen-bond acceptors (Lipinski definition) is 6. The molecular weight excluding hydrogens is 348 g/mol. The standard InChI is InChI=1S/C22H32N6/c1-2-3-9-25-20-12-19(26-21(23)27-20)11-17-4-6-18(7-5-17)13-28-10-8-22(16-28)14-24-15-22/h4-7,12,24H,2-3,8-11,13-16H2,1H3,(H3,23,25,26,27). The summed E-state index contributed by atoms with van der Waals surface area (Å²) < 4.78 is 0. The van der Waals surface area contributed by atoms with Gasteiger partial charge in [-0.1, -0.05) is 37.6 Å². The number of likely N-dealkylation sites (tertiary alicyclic amines) is 1. The molecule has 2 fully saturated rings. The molecule has 6 nitrogen and oxygen atoms in total. The number of unbranched alkanes of at least 4 members (excludes halogenated alkanes) is 1. The smallest absolute Gasteiger partial charge is 0.222 e. The molecule has 150 valence electrons. The van der Waals surface area contributed by atoms with Gasteiger partial charge >= 0.3 is 0 Å². The number of anilines is 2. The Bertz CT molecular complexity index is 784. The van der Waals surface area contributed by atoms with Gasteiger partial charge in [-0.25, -0.2) is 4.98 Å². The third kappa shape index (κ3) is 4.62. The maximum atomic E-state index is 5.90. The molecule has 0 unspecified atom stereocenters. The summed E-state index contributed by atoms with van der Waals surface area (Å²) in [4.78, 5) is 11.3. The molecule has 0 bridgehead atoms. The Morgan fingerprint density at radius 2 is 1.96 bits per heavy atom. The predicted octanol–water partition coefficient (Wildman–Crippen LogP) is 2.66. The van der Waals surface area contributed by atoms with E-state index >= 15 is 0 Å². The van der Waals surface area contributed by atoms with Crippen LogP contribution in [0.4, 0.5) is 11.8 Å². The van der Waals surface area contributed by atoms with E-state index < -0.39 is 0 Å². The number of nitrogens with zero attached hydrogens (tertiary/aromatic N) is 3. The normalized spacial score (nSPS) is 18.3. The molecule has 0 amide bonds. The van der Waals surface area contributed by atoms with Gasteiger partial charge in [0.25, 0.3) is 0 Å². The molecule has 28 heavy (non-hydrogen) atoms. The minimum absolute atomic E-state index is 0.335. The van der Waals surface area contributed by atoms with Gasteiger partial charge in [0.05, 0.1) is 5.69 Å². The van der Waals surface area contributed by atoms with Crippen LogP contribution in [0.25, 0.3) is 0 Å². The third-order valence-electron chi connectivity index (χ3n) is 5.96. The SMILES string of the molecule is CCCCNc1cc(Cc2ccc(CN3CCC4(CNC4)C3)cc2)nc(N)n1. The Hall–Kier alpha value is -2.18. The van der Waals surface area contributed by atoms with Crippen LogP contribution in [0, 0.1) is 5.41 Å². The molecule has 1 aromatic carbocycles. The van der Waals surface area contributed by atoms with Crippen LogP contribution in [0.5, 0.6) is 0 Å². The number of hydrogen-bond donors (Lipinski definition) is 3. The van der Waals surface area contributed by atoms with E-state index in [1.54, 1.807) is 0 Å². The molecule has 0 radical (unpaired) electrons. The summed E-state index contributed by atoms with van der Waals surface area (Å²) in [6.45, 7) is 8.98. The first kappa shape index (κ1) is 19.2. The van der Waals surface area contributed by atoms with Gasteiger partial charge in [0, 0.05) is 50.6 Å². The average Bonchev–Trinajstić information content (AvgIpc) is 3.08. The van der Waals surface area contributed by atoms with Crippen molar-refractivity contribution >= 4 is 11.8 Å². The highest BCUT2D eigenvalue weighted by molar-refractivity contribution is 5.41. The zero-order valence-corrected chi connectivity index (χ0v) is 16.9. The minimum atomic E-state index is 0.335. The fraction of sp³-hybridized carbons (Fsp3) is 0.545. The molecule has 1 aromatic heterocycles. The Kier molecular flexibility index (Phi) is 5.78. The minimum Gasteiger partial charge on any atom is -0.370 e. The maximum Gasteiger partial charge on any atom is 0.222 e. The zero-order chi connectivity index (χ0) is 19.4. The molecule has 3 heterocycles. The largest absolute Gasteiger partial charge is 0.370 e. The number of benzene rings is 1. The summed E-state index contributed by atoms with van der Waals surface area (Å²) in [7, 11) is 0. The van der Waals surface area contributed by atoms with Crippen molar-refractivity contribution in [2.75, 3.05) is 43.8 Å². The van der Waals surface area contributed by atoms with E-state index in [4.69, 9.17) is 5.73 Å². The van der Waals surface area contributed by atoms with E-state index in [9.17, 15) is 0 Å². The van der Waals surface area contributed by atoms with Gasteiger partial charge in [0.15, 0.2) is 0 Å². The molecule has 2 aliphatic heterocycles. The molecule has 0 saturated carbocycles. The van der Waals surface area contributed by atoms with E-state index in [2.05, 4.69) is 56.7 Å². The van der Waals surface area contributed by atoms with Gasteiger partial charge in [-0.3, -0.25) is 4.90 Å². The van der Waals surface area contributed by atoms with Crippen molar-refractivity contribution in [1.82, 2.24) is 20.2 Å². The fourth-order valence-corrected chi connectivity index (χ4v) is 4.25. The van der Waals surface area contributed by atoms with Gasteiger partial charge in [0.1, 0.15) is 5.82 Å². The number of nitrogens with two attached hydrogens (primary N) is 1. The van der Waals surface area contributed by atoms with Gasteiger partial charge in [-0.05, 0) is 30.5 Å². The highest BCUT2D eigenvalue weighted by atomic mass is 15.2. The topological polar surface area (TPSA) is 79.1 Å². The summed E-state index contributed by atoms with van der Waals surface area (Å²) in [6, 6.07) is 11.0. The zero-order valence-electron chi connectivity index (χ0n) is 16.9. The number of rotatable bonds is 8. The predicted molar refractivity (Wildman–Crippen MR) is 114 cm³/mol. The lowest BCUT2D eigenvalue weighted by atomic mass is 9.81. The molecule has 2 aliphatic rings. The van der Waals surface area contributed by atoms with E-state index in [-0.39, 0.29) is 0 Å². The van der Waals surface area contributed by atoms with Crippen molar-refractivity contribution in [3.8, 4) is 0 Å².